The van der Waals surface area contributed by atoms with Crippen molar-refractivity contribution in [3.05, 3.63) is 33.8 Å². The van der Waals surface area contributed by atoms with E-state index in [0.29, 0.717) is 12.5 Å². The van der Waals surface area contributed by atoms with Crippen LogP contribution in [0.5, 0.6) is 0 Å². The van der Waals surface area contributed by atoms with Gasteiger partial charge in [-0.2, -0.15) is 0 Å². The molecule has 0 radical (unpaired) electrons. The van der Waals surface area contributed by atoms with Gasteiger partial charge in [-0.25, -0.2) is 5.48 Å². The lowest BCUT2D eigenvalue weighted by molar-refractivity contribution is 0.161. The average molecular weight is 244 g/mol. The number of halogens is 1. The van der Waals surface area contributed by atoms with Gasteiger partial charge in [0.1, 0.15) is 0 Å². The summed E-state index contributed by atoms with van der Waals surface area (Å²) in [6, 6.07) is 6.14. The minimum absolute atomic E-state index is 0.483. The van der Waals surface area contributed by atoms with Crippen molar-refractivity contribution in [2.45, 2.75) is 26.3 Å². The Hall–Kier alpha value is -0.380. The molecule has 0 fully saturated rings. The third-order valence-electron chi connectivity index (χ3n) is 2.00. The van der Waals surface area contributed by atoms with Gasteiger partial charge < -0.3 is 5.21 Å². The van der Waals surface area contributed by atoms with E-state index in [1.165, 1.54) is 5.56 Å². The van der Waals surface area contributed by atoms with E-state index in [4.69, 9.17) is 5.21 Å². The van der Waals surface area contributed by atoms with Crippen molar-refractivity contribution in [2.24, 2.45) is 0 Å². The topological polar surface area (TPSA) is 32.3 Å². The first-order valence-corrected chi connectivity index (χ1v) is 5.09. The molecule has 0 aliphatic rings. The van der Waals surface area contributed by atoms with Gasteiger partial charge in [-0.3, -0.25) is 0 Å². The summed E-state index contributed by atoms with van der Waals surface area (Å²) in [5.74, 6) is 0.483. The molecule has 1 aromatic carbocycles. The van der Waals surface area contributed by atoms with Crippen molar-refractivity contribution in [3.63, 3.8) is 0 Å². The molecule has 0 atom stereocenters. The number of hydrogen-bond donors (Lipinski definition) is 2. The molecular weight excluding hydrogens is 230 g/mol. The van der Waals surface area contributed by atoms with Crippen LogP contribution in [-0.2, 0) is 6.54 Å². The summed E-state index contributed by atoms with van der Waals surface area (Å²) in [5.41, 5.74) is 4.59. The zero-order valence-electron chi connectivity index (χ0n) is 7.84. The van der Waals surface area contributed by atoms with Gasteiger partial charge >= 0.3 is 0 Å². The van der Waals surface area contributed by atoms with E-state index in [-0.39, 0.29) is 0 Å². The highest BCUT2D eigenvalue weighted by atomic mass is 79.9. The second kappa shape index (κ2) is 4.74. The smallest absolute Gasteiger partial charge is 0.0461 e. The molecule has 0 aliphatic carbocycles. The summed E-state index contributed by atoms with van der Waals surface area (Å²) in [6.07, 6.45) is 0. The quantitative estimate of drug-likeness (QED) is 0.801. The summed E-state index contributed by atoms with van der Waals surface area (Å²) in [6.45, 7) is 4.78. The Kier molecular flexibility index (Phi) is 3.90. The number of hydroxylamine groups is 1. The van der Waals surface area contributed by atoms with Crippen molar-refractivity contribution in [1.29, 1.82) is 0 Å². The fourth-order valence-electron chi connectivity index (χ4n) is 1.38. The second-order valence-electron chi connectivity index (χ2n) is 3.33. The van der Waals surface area contributed by atoms with Gasteiger partial charge in [0.25, 0.3) is 0 Å². The third-order valence-corrected chi connectivity index (χ3v) is 2.49. The average Bonchev–Trinajstić information content (AvgIpc) is 2.04. The van der Waals surface area contributed by atoms with Gasteiger partial charge in [0.15, 0.2) is 0 Å². The summed E-state index contributed by atoms with van der Waals surface area (Å²) in [5, 5.41) is 8.65. The highest BCUT2D eigenvalue weighted by molar-refractivity contribution is 9.10. The van der Waals surface area contributed by atoms with Crippen LogP contribution in [-0.4, -0.2) is 5.21 Å². The van der Waals surface area contributed by atoms with Crippen LogP contribution >= 0.6 is 15.9 Å². The molecule has 0 spiro atoms. The van der Waals surface area contributed by atoms with Crippen LogP contribution in [0.1, 0.15) is 30.9 Å². The van der Waals surface area contributed by atoms with Crippen LogP contribution in [0.3, 0.4) is 0 Å². The number of rotatable bonds is 3. The van der Waals surface area contributed by atoms with Crippen molar-refractivity contribution >= 4 is 15.9 Å². The lowest BCUT2D eigenvalue weighted by Crippen LogP contribution is -2.09. The van der Waals surface area contributed by atoms with Crippen molar-refractivity contribution < 1.29 is 5.21 Å². The van der Waals surface area contributed by atoms with Crippen LogP contribution in [0.2, 0.25) is 0 Å². The van der Waals surface area contributed by atoms with Gasteiger partial charge in [-0.15, -0.1) is 0 Å². The highest BCUT2D eigenvalue weighted by Gasteiger charge is 2.06. The molecule has 0 amide bonds. The number of benzene rings is 1. The number of hydrogen-bond acceptors (Lipinski definition) is 2. The lowest BCUT2D eigenvalue weighted by atomic mass is 9.97. The summed E-state index contributed by atoms with van der Waals surface area (Å²) >= 11 is 3.41. The maximum absolute atomic E-state index is 8.65. The fourth-order valence-corrected chi connectivity index (χ4v) is 1.78. The van der Waals surface area contributed by atoms with E-state index < -0.39 is 0 Å². The number of nitrogens with one attached hydrogen (secondary N) is 1. The summed E-state index contributed by atoms with van der Waals surface area (Å²) in [7, 11) is 0. The van der Waals surface area contributed by atoms with Crippen LogP contribution in [0, 0.1) is 0 Å². The first-order valence-electron chi connectivity index (χ1n) is 4.30. The molecule has 2 nitrogen and oxygen atoms in total. The third kappa shape index (κ3) is 2.79. The molecule has 1 rings (SSSR count). The Morgan fingerprint density at radius 1 is 1.46 bits per heavy atom. The Bertz CT molecular complexity index is 286. The minimum atomic E-state index is 0.483. The molecule has 0 unspecified atom stereocenters. The van der Waals surface area contributed by atoms with E-state index in [1.54, 1.807) is 0 Å². The predicted octanol–water partition coefficient (Wildman–Crippen LogP) is 3.05. The van der Waals surface area contributed by atoms with E-state index in [9.17, 15) is 0 Å². The zero-order valence-corrected chi connectivity index (χ0v) is 9.43. The largest absolute Gasteiger partial charge is 0.316 e. The van der Waals surface area contributed by atoms with E-state index >= 15 is 0 Å². The van der Waals surface area contributed by atoms with Gasteiger partial charge in [0.2, 0.25) is 0 Å². The molecule has 13 heavy (non-hydrogen) atoms. The molecule has 0 bridgehead atoms. The van der Waals surface area contributed by atoms with Gasteiger partial charge in [0, 0.05) is 11.0 Å². The summed E-state index contributed by atoms with van der Waals surface area (Å²) in [4.78, 5) is 0. The molecule has 0 saturated heterocycles. The maximum Gasteiger partial charge on any atom is 0.0461 e. The molecule has 2 N–H and O–H groups in total. The molecule has 1 aromatic rings. The first-order chi connectivity index (χ1) is 6.15. The van der Waals surface area contributed by atoms with Crippen LogP contribution in [0.25, 0.3) is 0 Å². The molecule has 0 heterocycles. The highest BCUT2D eigenvalue weighted by Crippen LogP contribution is 2.23. The van der Waals surface area contributed by atoms with Crippen LogP contribution in [0.15, 0.2) is 22.7 Å². The van der Waals surface area contributed by atoms with Gasteiger partial charge in [-0.1, -0.05) is 35.8 Å². The van der Waals surface area contributed by atoms with Crippen LogP contribution in [0.4, 0.5) is 0 Å². The van der Waals surface area contributed by atoms with E-state index in [2.05, 4.69) is 41.3 Å². The van der Waals surface area contributed by atoms with Crippen molar-refractivity contribution in [1.82, 2.24) is 5.48 Å². The molecule has 0 aliphatic heterocycles. The zero-order chi connectivity index (χ0) is 9.84. The molecular formula is C10H14BrNO. The van der Waals surface area contributed by atoms with Crippen molar-refractivity contribution in [3.8, 4) is 0 Å². The molecule has 0 saturated carbocycles. The van der Waals surface area contributed by atoms with Gasteiger partial charge in [0.05, 0.1) is 0 Å². The van der Waals surface area contributed by atoms with E-state index in [0.717, 1.165) is 10.0 Å². The summed E-state index contributed by atoms with van der Waals surface area (Å²) < 4.78 is 1.04. The Morgan fingerprint density at radius 3 is 2.69 bits per heavy atom. The normalized spacial score (nSPS) is 10.8. The fraction of sp³-hybridized carbons (Fsp3) is 0.400. The van der Waals surface area contributed by atoms with Gasteiger partial charge in [-0.05, 0) is 29.2 Å². The monoisotopic (exact) mass is 243 g/mol. The van der Waals surface area contributed by atoms with E-state index in [1.807, 2.05) is 12.1 Å². The Labute approximate surface area is 87.1 Å². The maximum atomic E-state index is 8.65. The molecule has 3 heteroatoms. The van der Waals surface area contributed by atoms with Crippen molar-refractivity contribution in [2.75, 3.05) is 0 Å². The predicted molar refractivity (Wildman–Crippen MR) is 56.9 cm³/mol. The SMILES string of the molecule is CC(C)c1ccc(Br)cc1CNO. The Morgan fingerprint density at radius 2 is 2.15 bits per heavy atom. The standard InChI is InChI=1S/C10H14BrNO/c1-7(2)10-4-3-9(11)5-8(10)6-12-13/h3-5,7,12-13H,6H2,1-2H3. The molecule has 0 aromatic heterocycles. The minimum Gasteiger partial charge on any atom is -0.316 e. The molecule has 72 valence electrons. The van der Waals surface area contributed by atoms with Crippen LogP contribution < -0.4 is 5.48 Å². The lowest BCUT2D eigenvalue weighted by Gasteiger charge is -2.12. The second-order valence-corrected chi connectivity index (χ2v) is 4.25. The Balaban J connectivity index is 3.03. The first kappa shape index (κ1) is 10.7.